The van der Waals surface area contributed by atoms with Crippen LogP contribution >= 0.6 is 0 Å². The van der Waals surface area contributed by atoms with Gasteiger partial charge >= 0.3 is 0 Å². The SMILES string of the molecule is CC(C)CNCCCCN1CCn2ccnc2C1. The first-order valence-corrected chi connectivity index (χ1v) is 7.19. The number of hydrogen-bond acceptors (Lipinski definition) is 3. The summed E-state index contributed by atoms with van der Waals surface area (Å²) in [5, 5.41) is 3.50. The number of aromatic nitrogens is 2. The minimum absolute atomic E-state index is 0.756. The van der Waals surface area contributed by atoms with Gasteiger partial charge in [0.15, 0.2) is 0 Å². The molecule has 0 spiro atoms. The molecule has 0 radical (unpaired) electrons. The first-order valence-electron chi connectivity index (χ1n) is 7.19. The maximum Gasteiger partial charge on any atom is 0.122 e. The summed E-state index contributed by atoms with van der Waals surface area (Å²) in [4.78, 5) is 6.91. The number of hydrogen-bond donors (Lipinski definition) is 1. The van der Waals surface area contributed by atoms with Crippen molar-refractivity contribution in [2.24, 2.45) is 5.92 Å². The molecule has 0 bridgehead atoms. The van der Waals surface area contributed by atoms with Crippen molar-refractivity contribution in [2.75, 3.05) is 26.2 Å². The van der Waals surface area contributed by atoms with Gasteiger partial charge in [-0.2, -0.15) is 0 Å². The van der Waals surface area contributed by atoms with E-state index < -0.39 is 0 Å². The molecular weight excluding hydrogens is 224 g/mol. The second kappa shape index (κ2) is 6.90. The average molecular weight is 250 g/mol. The van der Waals surface area contributed by atoms with Gasteiger partial charge in [-0.3, -0.25) is 4.90 Å². The van der Waals surface area contributed by atoms with Crippen molar-refractivity contribution in [1.82, 2.24) is 19.8 Å². The molecule has 4 heteroatoms. The lowest BCUT2D eigenvalue weighted by atomic mass is 10.2. The Kier molecular flexibility index (Phi) is 5.20. The molecule has 0 amide bonds. The highest BCUT2D eigenvalue weighted by Crippen LogP contribution is 2.10. The Bertz CT molecular complexity index is 345. The quantitative estimate of drug-likeness (QED) is 0.748. The summed E-state index contributed by atoms with van der Waals surface area (Å²) in [7, 11) is 0. The van der Waals surface area contributed by atoms with Gasteiger partial charge in [0.1, 0.15) is 5.82 Å². The predicted octanol–water partition coefficient (Wildman–Crippen LogP) is 1.72. The zero-order chi connectivity index (χ0) is 12.8. The van der Waals surface area contributed by atoms with Crippen molar-refractivity contribution in [3.8, 4) is 0 Å². The smallest absolute Gasteiger partial charge is 0.122 e. The standard InChI is InChI=1S/C14H26N4/c1-13(2)11-15-5-3-4-7-17-9-10-18-8-6-16-14(18)12-17/h6,8,13,15H,3-5,7,9-12H2,1-2H3. The molecule has 0 unspecified atom stereocenters. The number of nitrogens with one attached hydrogen (secondary N) is 1. The summed E-state index contributed by atoms with van der Waals surface area (Å²) in [6.07, 6.45) is 6.56. The van der Waals surface area contributed by atoms with Crippen molar-refractivity contribution in [3.63, 3.8) is 0 Å². The molecule has 1 aliphatic heterocycles. The van der Waals surface area contributed by atoms with Crippen LogP contribution in [0, 0.1) is 5.92 Å². The Morgan fingerprint density at radius 1 is 1.33 bits per heavy atom. The molecule has 0 atom stereocenters. The molecule has 0 saturated heterocycles. The summed E-state index contributed by atoms with van der Waals surface area (Å²) in [5.74, 6) is 1.98. The van der Waals surface area contributed by atoms with Crippen LogP contribution in [-0.4, -0.2) is 40.6 Å². The number of unbranched alkanes of at least 4 members (excludes halogenated alkanes) is 1. The highest BCUT2D eigenvalue weighted by molar-refractivity contribution is 4.95. The first-order chi connectivity index (χ1) is 8.75. The molecule has 0 aliphatic carbocycles. The third kappa shape index (κ3) is 4.10. The van der Waals surface area contributed by atoms with Crippen LogP contribution in [0.3, 0.4) is 0 Å². The van der Waals surface area contributed by atoms with E-state index in [2.05, 4.69) is 39.8 Å². The summed E-state index contributed by atoms with van der Waals surface area (Å²) in [6.45, 7) is 11.3. The minimum Gasteiger partial charge on any atom is -0.333 e. The highest BCUT2D eigenvalue weighted by atomic mass is 15.2. The van der Waals surface area contributed by atoms with Crippen LogP contribution in [0.5, 0.6) is 0 Å². The van der Waals surface area contributed by atoms with Crippen LogP contribution in [0.1, 0.15) is 32.5 Å². The Hall–Kier alpha value is -0.870. The van der Waals surface area contributed by atoms with Gasteiger partial charge in [0, 0.05) is 25.5 Å². The van der Waals surface area contributed by atoms with E-state index in [0.717, 1.165) is 32.1 Å². The highest BCUT2D eigenvalue weighted by Gasteiger charge is 2.15. The van der Waals surface area contributed by atoms with Crippen molar-refractivity contribution >= 4 is 0 Å². The van der Waals surface area contributed by atoms with Gasteiger partial charge in [-0.1, -0.05) is 13.8 Å². The van der Waals surface area contributed by atoms with Gasteiger partial charge in [-0.05, 0) is 38.4 Å². The number of nitrogens with zero attached hydrogens (tertiary/aromatic N) is 3. The summed E-state index contributed by atoms with van der Waals surface area (Å²) < 4.78 is 2.26. The van der Waals surface area contributed by atoms with Crippen LogP contribution < -0.4 is 5.32 Å². The molecular formula is C14H26N4. The minimum atomic E-state index is 0.756. The van der Waals surface area contributed by atoms with Crippen LogP contribution in [0.15, 0.2) is 12.4 Å². The van der Waals surface area contributed by atoms with Gasteiger partial charge in [0.25, 0.3) is 0 Å². The van der Waals surface area contributed by atoms with E-state index in [1.807, 2.05) is 6.20 Å². The van der Waals surface area contributed by atoms with E-state index in [0.29, 0.717) is 0 Å². The zero-order valence-corrected chi connectivity index (χ0v) is 11.7. The second-order valence-corrected chi connectivity index (χ2v) is 5.62. The molecule has 4 nitrogen and oxygen atoms in total. The van der Waals surface area contributed by atoms with Gasteiger partial charge in [-0.15, -0.1) is 0 Å². The summed E-state index contributed by atoms with van der Waals surface area (Å²) >= 11 is 0. The lowest BCUT2D eigenvalue weighted by Gasteiger charge is -2.27. The Morgan fingerprint density at radius 3 is 3.06 bits per heavy atom. The predicted molar refractivity (Wildman–Crippen MR) is 74.4 cm³/mol. The third-order valence-electron chi connectivity index (χ3n) is 3.45. The largest absolute Gasteiger partial charge is 0.333 e. The van der Waals surface area contributed by atoms with Crippen LogP contribution in [0.25, 0.3) is 0 Å². The van der Waals surface area contributed by atoms with E-state index in [1.54, 1.807) is 0 Å². The third-order valence-corrected chi connectivity index (χ3v) is 3.45. The molecule has 1 N–H and O–H groups in total. The number of fused-ring (bicyclic) bond motifs is 1. The Morgan fingerprint density at radius 2 is 2.22 bits per heavy atom. The molecule has 2 rings (SSSR count). The molecule has 1 aromatic rings. The molecule has 102 valence electrons. The molecule has 18 heavy (non-hydrogen) atoms. The van der Waals surface area contributed by atoms with Crippen LogP contribution in [0.2, 0.25) is 0 Å². The van der Waals surface area contributed by atoms with Gasteiger partial charge in [0.2, 0.25) is 0 Å². The summed E-state index contributed by atoms with van der Waals surface area (Å²) in [5.41, 5.74) is 0. The van der Waals surface area contributed by atoms with E-state index in [9.17, 15) is 0 Å². The first kappa shape index (κ1) is 13.6. The van der Waals surface area contributed by atoms with Crippen molar-refractivity contribution < 1.29 is 0 Å². The molecule has 1 aromatic heterocycles. The van der Waals surface area contributed by atoms with E-state index in [4.69, 9.17) is 0 Å². The molecule has 0 saturated carbocycles. The fourth-order valence-corrected chi connectivity index (χ4v) is 2.39. The molecule has 0 fully saturated rings. The van der Waals surface area contributed by atoms with Gasteiger partial charge < -0.3 is 9.88 Å². The van der Waals surface area contributed by atoms with E-state index >= 15 is 0 Å². The maximum absolute atomic E-state index is 4.39. The fourth-order valence-electron chi connectivity index (χ4n) is 2.39. The lowest BCUT2D eigenvalue weighted by Crippen LogP contribution is -2.34. The van der Waals surface area contributed by atoms with Crippen molar-refractivity contribution in [3.05, 3.63) is 18.2 Å². The molecule has 2 heterocycles. The fraction of sp³-hybridized carbons (Fsp3) is 0.786. The Labute approximate surface area is 110 Å². The van der Waals surface area contributed by atoms with E-state index in [-0.39, 0.29) is 0 Å². The lowest BCUT2D eigenvalue weighted by molar-refractivity contribution is 0.213. The average Bonchev–Trinajstić information content (AvgIpc) is 2.80. The number of imidazole rings is 1. The number of rotatable bonds is 7. The van der Waals surface area contributed by atoms with Crippen LogP contribution in [0.4, 0.5) is 0 Å². The van der Waals surface area contributed by atoms with E-state index in [1.165, 1.54) is 31.8 Å². The van der Waals surface area contributed by atoms with Gasteiger partial charge in [-0.25, -0.2) is 4.98 Å². The second-order valence-electron chi connectivity index (χ2n) is 5.62. The molecule has 0 aromatic carbocycles. The zero-order valence-electron chi connectivity index (χ0n) is 11.7. The normalized spacial score (nSPS) is 16.2. The molecule has 1 aliphatic rings. The Balaban J connectivity index is 1.56. The van der Waals surface area contributed by atoms with Crippen molar-refractivity contribution in [2.45, 2.75) is 39.8 Å². The van der Waals surface area contributed by atoms with Crippen molar-refractivity contribution in [1.29, 1.82) is 0 Å². The van der Waals surface area contributed by atoms with Gasteiger partial charge in [0.05, 0.1) is 6.54 Å². The summed E-state index contributed by atoms with van der Waals surface area (Å²) in [6, 6.07) is 0. The topological polar surface area (TPSA) is 33.1 Å². The van der Waals surface area contributed by atoms with Crippen LogP contribution in [-0.2, 0) is 13.1 Å². The maximum atomic E-state index is 4.39. The monoisotopic (exact) mass is 250 g/mol.